The van der Waals surface area contributed by atoms with E-state index in [9.17, 15) is 0 Å². The Labute approximate surface area is 135 Å². The molecule has 0 radical (unpaired) electrons. The van der Waals surface area contributed by atoms with E-state index in [2.05, 4.69) is 25.8 Å². The summed E-state index contributed by atoms with van der Waals surface area (Å²) in [5.74, 6) is 1.27. The van der Waals surface area contributed by atoms with Crippen LogP contribution in [0.5, 0.6) is 0 Å². The summed E-state index contributed by atoms with van der Waals surface area (Å²) in [5.41, 5.74) is 2.03. The van der Waals surface area contributed by atoms with E-state index in [-0.39, 0.29) is 0 Å². The van der Waals surface area contributed by atoms with Gasteiger partial charge in [-0.05, 0) is 43.5 Å². The summed E-state index contributed by atoms with van der Waals surface area (Å²) in [6, 6.07) is 6.17. The lowest BCUT2D eigenvalue weighted by molar-refractivity contribution is 0.460. The number of aromatic nitrogens is 3. The maximum Gasteiger partial charge on any atom is 0.244 e. The Bertz CT molecular complexity index is 640. The fourth-order valence-corrected chi connectivity index (χ4v) is 2.99. The molecule has 116 valence electrons. The maximum absolute atomic E-state index is 5.98. The van der Waals surface area contributed by atoms with E-state index in [4.69, 9.17) is 11.6 Å². The van der Waals surface area contributed by atoms with E-state index in [0.717, 1.165) is 16.3 Å². The summed E-state index contributed by atoms with van der Waals surface area (Å²) >= 11 is 5.98. The predicted octanol–water partition coefficient (Wildman–Crippen LogP) is 4.32. The van der Waals surface area contributed by atoms with E-state index in [1.807, 2.05) is 25.1 Å². The molecular formula is C16H20ClN5. The summed E-state index contributed by atoms with van der Waals surface area (Å²) < 4.78 is 0. The van der Waals surface area contributed by atoms with Crippen LogP contribution in [0.3, 0.4) is 0 Å². The van der Waals surface area contributed by atoms with Gasteiger partial charge in [0.2, 0.25) is 5.95 Å². The Hall–Kier alpha value is -1.88. The number of benzene rings is 1. The van der Waals surface area contributed by atoms with Gasteiger partial charge in [-0.3, -0.25) is 0 Å². The van der Waals surface area contributed by atoms with Crippen molar-refractivity contribution in [2.24, 2.45) is 0 Å². The summed E-state index contributed by atoms with van der Waals surface area (Å²) in [4.78, 5) is 4.50. The quantitative estimate of drug-likeness (QED) is 0.879. The van der Waals surface area contributed by atoms with Crippen LogP contribution in [0.25, 0.3) is 0 Å². The van der Waals surface area contributed by atoms with E-state index in [1.165, 1.54) is 32.1 Å². The molecule has 1 aromatic heterocycles. The van der Waals surface area contributed by atoms with Crippen LogP contribution in [0.2, 0.25) is 5.02 Å². The normalized spacial score (nSPS) is 15.5. The van der Waals surface area contributed by atoms with Crippen LogP contribution < -0.4 is 10.6 Å². The smallest absolute Gasteiger partial charge is 0.244 e. The number of nitrogens with one attached hydrogen (secondary N) is 2. The van der Waals surface area contributed by atoms with Crippen molar-refractivity contribution in [2.75, 3.05) is 10.6 Å². The van der Waals surface area contributed by atoms with E-state index in [0.29, 0.717) is 17.8 Å². The Morgan fingerprint density at radius 1 is 1.18 bits per heavy atom. The first kappa shape index (κ1) is 15.0. The zero-order valence-electron chi connectivity index (χ0n) is 12.6. The second-order valence-electron chi connectivity index (χ2n) is 5.73. The van der Waals surface area contributed by atoms with Crippen molar-refractivity contribution in [2.45, 2.75) is 45.1 Å². The number of rotatable bonds is 4. The van der Waals surface area contributed by atoms with Crippen molar-refractivity contribution in [3.63, 3.8) is 0 Å². The summed E-state index contributed by atoms with van der Waals surface area (Å²) in [5, 5.41) is 15.5. The van der Waals surface area contributed by atoms with Gasteiger partial charge in [0.1, 0.15) is 0 Å². The topological polar surface area (TPSA) is 62.7 Å². The number of hydrogen-bond donors (Lipinski definition) is 2. The second-order valence-corrected chi connectivity index (χ2v) is 6.17. The molecule has 0 atom stereocenters. The molecule has 0 aliphatic heterocycles. The Morgan fingerprint density at radius 2 is 2.00 bits per heavy atom. The average Bonchev–Trinajstić information content (AvgIpc) is 2.52. The molecule has 22 heavy (non-hydrogen) atoms. The molecule has 5 nitrogen and oxygen atoms in total. The molecule has 1 fully saturated rings. The minimum atomic E-state index is 0.461. The molecule has 1 aliphatic rings. The summed E-state index contributed by atoms with van der Waals surface area (Å²) in [7, 11) is 0. The Balaban J connectivity index is 1.70. The highest BCUT2D eigenvalue weighted by atomic mass is 35.5. The van der Waals surface area contributed by atoms with Crippen LogP contribution in [-0.2, 0) is 0 Å². The van der Waals surface area contributed by atoms with Gasteiger partial charge in [-0.1, -0.05) is 30.9 Å². The molecular weight excluding hydrogens is 298 g/mol. The number of anilines is 3. The SMILES string of the molecule is Cc1cc(Cl)ccc1Nc1cnnc(NC2CCCCC2)n1. The minimum Gasteiger partial charge on any atom is -0.350 e. The summed E-state index contributed by atoms with van der Waals surface area (Å²) in [6.45, 7) is 2.00. The van der Waals surface area contributed by atoms with Gasteiger partial charge in [-0.2, -0.15) is 10.1 Å². The molecule has 1 saturated carbocycles. The molecule has 1 aliphatic carbocycles. The van der Waals surface area contributed by atoms with Gasteiger partial charge in [-0.25, -0.2) is 0 Å². The molecule has 0 amide bonds. The lowest BCUT2D eigenvalue weighted by Crippen LogP contribution is -2.23. The van der Waals surface area contributed by atoms with Crippen LogP contribution >= 0.6 is 11.6 Å². The van der Waals surface area contributed by atoms with Gasteiger partial charge >= 0.3 is 0 Å². The highest BCUT2D eigenvalue weighted by Crippen LogP contribution is 2.23. The van der Waals surface area contributed by atoms with Crippen LogP contribution in [0, 0.1) is 6.92 Å². The van der Waals surface area contributed by atoms with Crippen LogP contribution in [0.15, 0.2) is 24.4 Å². The average molecular weight is 318 g/mol. The van der Waals surface area contributed by atoms with Crippen molar-refractivity contribution in [1.29, 1.82) is 0 Å². The standard InChI is InChI=1S/C16H20ClN5/c1-11-9-12(17)7-8-14(11)20-15-10-18-22-16(21-15)19-13-5-3-2-4-6-13/h7-10,13H,2-6H2,1H3,(H2,19,20,21,22). The molecule has 0 bridgehead atoms. The highest BCUT2D eigenvalue weighted by molar-refractivity contribution is 6.30. The molecule has 0 unspecified atom stereocenters. The Kier molecular flexibility index (Phi) is 4.73. The van der Waals surface area contributed by atoms with Crippen molar-refractivity contribution in [3.05, 3.63) is 35.0 Å². The van der Waals surface area contributed by atoms with Gasteiger partial charge in [0, 0.05) is 16.8 Å². The molecule has 0 spiro atoms. The maximum atomic E-state index is 5.98. The molecule has 1 heterocycles. The van der Waals surface area contributed by atoms with Crippen molar-refractivity contribution in [1.82, 2.24) is 15.2 Å². The first-order valence-electron chi connectivity index (χ1n) is 7.70. The summed E-state index contributed by atoms with van der Waals surface area (Å²) in [6.07, 6.45) is 7.85. The molecule has 2 N–H and O–H groups in total. The lowest BCUT2D eigenvalue weighted by atomic mass is 9.96. The van der Waals surface area contributed by atoms with Gasteiger partial charge in [0.25, 0.3) is 0 Å². The molecule has 2 aromatic rings. The fraction of sp³-hybridized carbons (Fsp3) is 0.438. The van der Waals surface area contributed by atoms with Crippen molar-refractivity contribution >= 4 is 29.1 Å². The first-order valence-corrected chi connectivity index (χ1v) is 8.08. The third-order valence-electron chi connectivity index (χ3n) is 3.95. The van der Waals surface area contributed by atoms with Gasteiger partial charge in [0.15, 0.2) is 5.82 Å². The second kappa shape index (κ2) is 6.92. The largest absolute Gasteiger partial charge is 0.350 e. The van der Waals surface area contributed by atoms with Crippen LogP contribution in [0.4, 0.5) is 17.5 Å². The van der Waals surface area contributed by atoms with Gasteiger partial charge < -0.3 is 10.6 Å². The molecule has 3 rings (SSSR count). The Morgan fingerprint density at radius 3 is 2.77 bits per heavy atom. The number of hydrogen-bond acceptors (Lipinski definition) is 5. The van der Waals surface area contributed by atoms with Gasteiger partial charge in [0.05, 0.1) is 6.20 Å². The lowest BCUT2D eigenvalue weighted by Gasteiger charge is -2.22. The zero-order chi connectivity index (χ0) is 15.4. The number of nitrogens with zero attached hydrogens (tertiary/aromatic N) is 3. The number of aryl methyl sites for hydroxylation is 1. The first-order chi connectivity index (χ1) is 10.7. The highest BCUT2D eigenvalue weighted by Gasteiger charge is 2.14. The van der Waals surface area contributed by atoms with E-state index in [1.54, 1.807) is 6.20 Å². The minimum absolute atomic E-state index is 0.461. The third-order valence-corrected chi connectivity index (χ3v) is 4.18. The monoisotopic (exact) mass is 317 g/mol. The predicted molar refractivity (Wildman–Crippen MR) is 89.8 cm³/mol. The van der Waals surface area contributed by atoms with Crippen molar-refractivity contribution in [3.8, 4) is 0 Å². The van der Waals surface area contributed by atoms with E-state index >= 15 is 0 Å². The fourth-order valence-electron chi connectivity index (χ4n) is 2.76. The van der Waals surface area contributed by atoms with Crippen LogP contribution in [0.1, 0.15) is 37.7 Å². The molecule has 6 heteroatoms. The van der Waals surface area contributed by atoms with Crippen LogP contribution in [-0.4, -0.2) is 21.2 Å². The molecule has 1 aromatic carbocycles. The van der Waals surface area contributed by atoms with E-state index < -0.39 is 0 Å². The van der Waals surface area contributed by atoms with Gasteiger partial charge in [-0.15, -0.1) is 5.10 Å². The van der Waals surface area contributed by atoms with Crippen molar-refractivity contribution < 1.29 is 0 Å². The molecule has 0 saturated heterocycles. The number of halogens is 1. The zero-order valence-corrected chi connectivity index (χ0v) is 13.4. The third kappa shape index (κ3) is 3.85.